The van der Waals surface area contributed by atoms with Crippen LogP contribution in [-0.2, 0) is 5.41 Å². The first-order valence-corrected chi connectivity index (χ1v) is 10.8. The lowest BCUT2D eigenvalue weighted by molar-refractivity contribution is -0.156. The Morgan fingerprint density at radius 3 is 1.96 bits per heavy atom. The highest BCUT2D eigenvalue weighted by Crippen LogP contribution is 2.73. The van der Waals surface area contributed by atoms with Crippen molar-refractivity contribution in [1.82, 2.24) is 4.90 Å². The summed E-state index contributed by atoms with van der Waals surface area (Å²) in [4.78, 5) is 5.25. The zero-order valence-corrected chi connectivity index (χ0v) is 17.2. The number of benzene rings is 2. The molecule has 1 saturated heterocycles. The second-order valence-corrected chi connectivity index (χ2v) is 8.78. The van der Waals surface area contributed by atoms with Crippen molar-refractivity contribution in [1.29, 1.82) is 0 Å². The van der Waals surface area contributed by atoms with E-state index in [1.54, 1.807) is 5.56 Å². The molecule has 2 nitrogen and oxygen atoms in total. The van der Waals surface area contributed by atoms with Gasteiger partial charge in [-0.05, 0) is 54.7 Å². The zero-order valence-electron chi connectivity index (χ0n) is 17.2. The van der Waals surface area contributed by atoms with Crippen molar-refractivity contribution in [2.45, 2.75) is 45.4 Å². The molecule has 0 aromatic heterocycles. The van der Waals surface area contributed by atoms with E-state index in [0.717, 1.165) is 0 Å². The van der Waals surface area contributed by atoms with Crippen molar-refractivity contribution < 1.29 is 0 Å². The highest BCUT2D eigenvalue weighted by molar-refractivity contribution is 5.46. The Balaban J connectivity index is 0.000000872. The van der Waals surface area contributed by atoms with Crippen LogP contribution in [-0.4, -0.2) is 37.6 Å². The normalized spacial score (nSPS) is 29.2. The Bertz CT molecular complexity index is 722. The average Bonchev–Trinajstić information content (AvgIpc) is 2.67. The number of piperazine rings is 1. The highest BCUT2D eigenvalue weighted by Gasteiger charge is 2.68. The first kappa shape index (κ1) is 18.6. The molecule has 0 radical (unpaired) electrons. The maximum atomic E-state index is 2.72. The van der Waals surface area contributed by atoms with Crippen molar-refractivity contribution >= 4 is 5.69 Å². The van der Waals surface area contributed by atoms with Crippen LogP contribution in [0.2, 0.25) is 0 Å². The topological polar surface area (TPSA) is 6.48 Å². The Morgan fingerprint density at radius 2 is 1.37 bits per heavy atom. The van der Waals surface area contributed by atoms with E-state index in [0.29, 0.717) is 10.8 Å². The third-order valence-corrected chi connectivity index (χ3v) is 6.86. The summed E-state index contributed by atoms with van der Waals surface area (Å²) in [6.07, 6.45) is 4.26. The molecule has 27 heavy (non-hydrogen) atoms. The van der Waals surface area contributed by atoms with Gasteiger partial charge in [-0.3, -0.25) is 4.90 Å². The minimum Gasteiger partial charge on any atom is -0.369 e. The average molecular weight is 363 g/mol. The van der Waals surface area contributed by atoms with Gasteiger partial charge in [0.1, 0.15) is 0 Å². The maximum Gasteiger partial charge on any atom is 0.0367 e. The quantitative estimate of drug-likeness (QED) is 0.731. The Morgan fingerprint density at radius 1 is 0.778 bits per heavy atom. The van der Waals surface area contributed by atoms with Crippen LogP contribution in [0.3, 0.4) is 0 Å². The number of rotatable bonds is 4. The fourth-order valence-corrected chi connectivity index (χ4v) is 5.66. The summed E-state index contributed by atoms with van der Waals surface area (Å²) in [5.74, 6) is 0. The molecule has 1 heterocycles. The smallest absolute Gasteiger partial charge is 0.0367 e. The van der Waals surface area contributed by atoms with Gasteiger partial charge in [-0.2, -0.15) is 0 Å². The Hall–Kier alpha value is -1.80. The molecular formula is C25H34N2. The van der Waals surface area contributed by atoms with E-state index in [2.05, 4.69) is 71.3 Å². The lowest BCUT2D eigenvalue weighted by Gasteiger charge is -2.72. The van der Waals surface area contributed by atoms with E-state index in [1.807, 2.05) is 13.8 Å². The van der Waals surface area contributed by atoms with Gasteiger partial charge in [0.25, 0.3) is 0 Å². The molecule has 6 rings (SSSR count). The van der Waals surface area contributed by atoms with Gasteiger partial charge in [0.2, 0.25) is 0 Å². The SMILES string of the molecule is CC.Cc1ccc(C23CC(CN4CCN(c5ccccc5)CC4)(C2)C3)cc1. The molecule has 0 amide bonds. The molecule has 3 aliphatic carbocycles. The van der Waals surface area contributed by atoms with Crippen molar-refractivity contribution in [3.05, 3.63) is 65.7 Å². The summed E-state index contributed by atoms with van der Waals surface area (Å²) in [7, 11) is 0. The van der Waals surface area contributed by atoms with E-state index >= 15 is 0 Å². The van der Waals surface area contributed by atoms with Crippen molar-refractivity contribution in [3.8, 4) is 0 Å². The van der Waals surface area contributed by atoms with Crippen molar-refractivity contribution in [2.75, 3.05) is 37.6 Å². The van der Waals surface area contributed by atoms with Gasteiger partial charge in [0, 0.05) is 38.4 Å². The summed E-state index contributed by atoms with van der Waals surface area (Å²) >= 11 is 0. The molecule has 2 heteroatoms. The van der Waals surface area contributed by atoms with Crippen LogP contribution in [0.1, 0.15) is 44.2 Å². The summed E-state index contributed by atoms with van der Waals surface area (Å²) in [5, 5.41) is 0. The third-order valence-electron chi connectivity index (χ3n) is 6.86. The van der Waals surface area contributed by atoms with E-state index < -0.39 is 0 Å². The molecule has 144 valence electrons. The van der Waals surface area contributed by atoms with Crippen LogP contribution in [0.4, 0.5) is 5.69 Å². The van der Waals surface area contributed by atoms with E-state index in [4.69, 9.17) is 0 Å². The maximum absolute atomic E-state index is 2.72. The van der Waals surface area contributed by atoms with Gasteiger partial charge in [-0.1, -0.05) is 61.9 Å². The molecule has 1 aliphatic heterocycles. The number of hydrogen-bond donors (Lipinski definition) is 0. The van der Waals surface area contributed by atoms with Gasteiger partial charge in [0.05, 0.1) is 0 Å². The molecule has 0 atom stereocenters. The molecule has 0 unspecified atom stereocenters. The van der Waals surface area contributed by atoms with Gasteiger partial charge in [0.15, 0.2) is 0 Å². The molecule has 0 spiro atoms. The van der Waals surface area contributed by atoms with Gasteiger partial charge in [-0.25, -0.2) is 0 Å². The summed E-state index contributed by atoms with van der Waals surface area (Å²) in [5.41, 5.74) is 5.53. The van der Waals surface area contributed by atoms with Gasteiger partial charge >= 0.3 is 0 Å². The number of para-hydroxylation sites is 1. The zero-order chi connectivity index (χ0) is 18.9. The van der Waals surface area contributed by atoms with Crippen molar-refractivity contribution in [3.63, 3.8) is 0 Å². The standard InChI is InChI=1S/C23H28N2.C2H6/c1-19-7-9-20(10-8-19)23-15-22(16-23,17-23)18-24-11-13-25(14-12-24)21-5-3-2-4-6-21;1-2/h2-10H,11-18H2,1H3;1-2H3. The Kier molecular flexibility index (Phi) is 5.03. The van der Waals surface area contributed by atoms with Crippen LogP contribution in [0, 0.1) is 12.3 Å². The Labute approximate surface area is 165 Å². The second-order valence-electron chi connectivity index (χ2n) is 8.78. The van der Waals surface area contributed by atoms with Crippen molar-refractivity contribution in [2.24, 2.45) is 5.41 Å². The summed E-state index contributed by atoms with van der Waals surface area (Å²) in [6, 6.07) is 20.2. The molecule has 2 aromatic rings. The minimum atomic E-state index is 0.541. The molecule has 2 bridgehead atoms. The number of nitrogens with zero attached hydrogens (tertiary/aromatic N) is 2. The van der Waals surface area contributed by atoms with E-state index in [1.165, 1.54) is 63.2 Å². The van der Waals surface area contributed by atoms with Crippen LogP contribution in [0.5, 0.6) is 0 Å². The van der Waals surface area contributed by atoms with Gasteiger partial charge in [-0.15, -0.1) is 0 Å². The van der Waals surface area contributed by atoms with E-state index in [9.17, 15) is 0 Å². The largest absolute Gasteiger partial charge is 0.369 e. The summed E-state index contributed by atoms with van der Waals surface area (Å²) in [6.45, 7) is 12.3. The predicted octanol–water partition coefficient (Wildman–Crippen LogP) is 5.27. The molecule has 4 aliphatic rings. The van der Waals surface area contributed by atoms with Crippen LogP contribution < -0.4 is 4.90 Å². The first-order chi connectivity index (χ1) is 13.2. The highest BCUT2D eigenvalue weighted by atomic mass is 15.3. The predicted molar refractivity (Wildman–Crippen MR) is 116 cm³/mol. The fourth-order valence-electron chi connectivity index (χ4n) is 5.66. The van der Waals surface area contributed by atoms with Gasteiger partial charge < -0.3 is 4.90 Å². The van der Waals surface area contributed by atoms with Crippen LogP contribution >= 0.6 is 0 Å². The monoisotopic (exact) mass is 362 g/mol. The molecule has 4 fully saturated rings. The molecular weight excluding hydrogens is 328 g/mol. The number of anilines is 1. The third kappa shape index (κ3) is 3.40. The number of aryl methyl sites for hydroxylation is 1. The summed E-state index contributed by atoms with van der Waals surface area (Å²) < 4.78 is 0. The number of hydrogen-bond acceptors (Lipinski definition) is 2. The lowest BCUT2D eigenvalue weighted by atomic mass is 9.33. The van der Waals surface area contributed by atoms with Crippen LogP contribution in [0.15, 0.2) is 54.6 Å². The first-order valence-electron chi connectivity index (χ1n) is 10.8. The molecule has 2 aromatic carbocycles. The molecule has 0 N–H and O–H groups in total. The van der Waals surface area contributed by atoms with Crippen LogP contribution in [0.25, 0.3) is 0 Å². The van der Waals surface area contributed by atoms with E-state index in [-0.39, 0.29) is 0 Å². The fraction of sp³-hybridized carbons (Fsp3) is 0.520. The second kappa shape index (κ2) is 7.31. The minimum absolute atomic E-state index is 0.541. The molecule has 3 saturated carbocycles. The lowest BCUT2D eigenvalue weighted by Crippen LogP contribution is -2.68.